The molecule has 174 valence electrons. The molecule has 1 amide bonds. The summed E-state index contributed by atoms with van der Waals surface area (Å²) < 4.78 is 7.13. The van der Waals surface area contributed by atoms with Gasteiger partial charge >= 0.3 is 0 Å². The molecular weight excluding hydrogens is 428 g/mol. The van der Waals surface area contributed by atoms with Crippen molar-refractivity contribution < 1.29 is 14.6 Å². The minimum absolute atomic E-state index is 0.0337. The first-order valence-corrected chi connectivity index (χ1v) is 11.5. The minimum atomic E-state index is -0.823. The number of aromatic nitrogens is 3. The Morgan fingerprint density at radius 3 is 2.47 bits per heavy atom. The lowest BCUT2D eigenvalue weighted by atomic mass is 9.97. The van der Waals surface area contributed by atoms with Crippen LogP contribution in [-0.2, 0) is 11.3 Å². The average Bonchev–Trinajstić information content (AvgIpc) is 3.30. The molecule has 0 unspecified atom stereocenters. The van der Waals surface area contributed by atoms with Gasteiger partial charge in [0, 0.05) is 53.8 Å². The number of amides is 1. The number of carbonyl (C=O) groups is 1. The molecule has 0 atom stereocenters. The molecule has 1 saturated heterocycles. The molecule has 1 aliphatic rings. The second kappa shape index (κ2) is 9.00. The van der Waals surface area contributed by atoms with Crippen LogP contribution in [-0.4, -0.2) is 62.6 Å². The summed E-state index contributed by atoms with van der Waals surface area (Å²) in [5.41, 5.74) is 3.90. The van der Waals surface area contributed by atoms with Crippen molar-refractivity contribution in [3.05, 3.63) is 72.8 Å². The Morgan fingerprint density at radius 2 is 1.74 bits per heavy atom. The van der Waals surface area contributed by atoms with Gasteiger partial charge in [0.1, 0.15) is 0 Å². The van der Waals surface area contributed by atoms with E-state index in [1.165, 1.54) is 0 Å². The summed E-state index contributed by atoms with van der Waals surface area (Å²) in [6.07, 6.45) is 7.43. The third-order valence-electron chi connectivity index (χ3n) is 6.02. The molecule has 7 heteroatoms. The van der Waals surface area contributed by atoms with Gasteiger partial charge in [0.15, 0.2) is 0 Å². The van der Waals surface area contributed by atoms with Crippen molar-refractivity contribution in [3.63, 3.8) is 0 Å². The van der Waals surface area contributed by atoms with Gasteiger partial charge in [-0.25, -0.2) is 0 Å². The number of hydrogen-bond donors (Lipinski definition) is 1. The molecule has 4 aromatic rings. The first-order chi connectivity index (χ1) is 16.4. The zero-order valence-corrected chi connectivity index (χ0v) is 19.4. The summed E-state index contributed by atoms with van der Waals surface area (Å²) in [5, 5.41) is 16.4. The standard InChI is InChI=1S/C27H28N4O3/c1-27(2,33)18-31-17-23(15-29-31)19-3-5-20(6-4-19)25-16-28-14-22-8-7-21(13-24(22)25)26(32)30-9-11-34-12-10-30/h3-8,13-17,33H,9-12,18H2,1-2H3. The van der Waals surface area contributed by atoms with E-state index in [9.17, 15) is 9.90 Å². The van der Waals surface area contributed by atoms with Crippen molar-refractivity contribution in [1.29, 1.82) is 0 Å². The van der Waals surface area contributed by atoms with Crippen LogP contribution in [0.1, 0.15) is 24.2 Å². The van der Waals surface area contributed by atoms with Crippen molar-refractivity contribution >= 4 is 16.7 Å². The van der Waals surface area contributed by atoms with Crippen LogP contribution in [0.5, 0.6) is 0 Å². The normalized spacial score (nSPS) is 14.5. The van der Waals surface area contributed by atoms with E-state index in [0.29, 0.717) is 38.4 Å². The first kappa shape index (κ1) is 22.3. The molecule has 7 nitrogen and oxygen atoms in total. The highest BCUT2D eigenvalue weighted by molar-refractivity contribution is 6.03. The second-order valence-corrected chi connectivity index (χ2v) is 9.34. The van der Waals surface area contributed by atoms with Gasteiger partial charge in [-0.3, -0.25) is 14.5 Å². The molecule has 1 N–H and O–H groups in total. The highest BCUT2D eigenvalue weighted by Crippen LogP contribution is 2.31. The number of carbonyl (C=O) groups excluding carboxylic acids is 1. The van der Waals surface area contributed by atoms with Crippen molar-refractivity contribution in [2.45, 2.75) is 26.0 Å². The number of aliphatic hydroxyl groups is 1. The molecule has 5 rings (SSSR count). The van der Waals surface area contributed by atoms with Gasteiger partial charge in [0.05, 0.1) is 31.6 Å². The van der Waals surface area contributed by atoms with Crippen molar-refractivity contribution in [1.82, 2.24) is 19.7 Å². The van der Waals surface area contributed by atoms with Crippen molar-refractivity contribution in [2.75, 3.05) is 26.3 Å². The van der Waals surface area contributed by atoms with Gasteiger partial charge in [-0.15, -0.1) is 0 Å². The highest BCUT2D eigenvalue weighted by atomic mass is 16.5. The Bertz CT molecular complexity index is 1320. The number of benzene rings is 2. The lowest BCUT2D eigenvalue weighted by Crippen LogP contribution is -2.40. The third-order valence-corrected chi connectivity index (χ3v) is 6.02. The number of pyridine rings is 1. The molecule has 2 aromatic carbocycles. The van der Waals surface area contributed by atoms with Crippen molar-refractivity contribution in [2.24, 2.45) is 0 Å². The second-order valence-electron chi connectivity index (χ2n) is 9.34. The molecule has 1 aliphatic heterocycles. The lowest BCUT2D eigenvalue weighted by Gasteiger charge is -2.27. The Kier molecular flexibility index (Phi) is 5.89. The summed E-state index contributed by atoms with van der Waals surface area (Å²) in [6.45, 7) is 6.36. The maximum absolute atomic E-state index is 13.0. The fraction of sp³-hybridized carbons (Fsp3) is 0.296. The van der Waals surface area contributed by atoms with Gasteiger partial charge in [0.2, 0.25) is 0 Å². The molecule has 3 heterocycles. The Hall–Kier alpha value is -3.55. The van der Waals surface area contributed by atoms with Gasteiger partial charge in [0.25, 0.3) is 5.91 Å². The SMILES string of the molecule is CC(C)(O)Cn1cc(-c2ccc(-c3cncc4ccc(C(=O)N5CCOCC5)cc34)cc2)cn1. The van der Waals surface area contributed by atoms with Crippen LogP contribution in [0.15, 0.2) is 67.3 Å². The number of ether oxygens (including phenoxy) is 1. The molecule has 0 aliphatic carbocycles. The number of hydrogen-bond acceptors (Lipinski definition) is 5. The molecule has 34 heavy (non-hydrogen) atoms. The van der Waals surface area contributed by atoms with Gasteiger partial charge in [-0.05, 0) is 42.5 Å². The summed E-state index contributed by atoms with van der Waals surface area (Å²) in [4.78, 5) is 19.3. The number of nitrogens with zero attached hydrogens (tertiary/aromatic N) is 4. The molecule has 0 saturated carbocycles. The van der Waals surface area contributed by atoms with E-state index >= 15 is 0 Å². The zero-order valence-electron chi connectivity index (χ0n) is 19.4. The average molecular weight is 457 g/mol. The maximum Gasteiger partial charge on any atom is 0.254 e. The Balaban J connectivity index is 1.44. The van der Waals surface area contributed by atoms with Crippen LogP contribution in [0.3, 0.4) is 0 Å². The number of fused-ring (bicyclic) bond motifs is 1. The largest absolute Gasteiger partial charge is 0.389 e. The predicted molar refractivity (Wildman–Crippen MR) is 131 cm³/mol. The van der Waals surface area contributed by atoms with Crippen LogP contribution < -0.4 is 0 Å². The summed E-state index contributed by atoms with van der Waals surface area (Å²) >= 11 is 0. The molecule has 0 bridgehead atoms. The van der Waals surface area contributed by atoms with E-state index < -0.39 is 5.60 Å². The molecule has 0 spiro atoms. The fourth-order valence-corrected chi connectivity index (χ4v) is 4.31. The van der Waals surface area contributed by atoms with E-state index in [4.69, 9.17) is 4.74 Å². The van der Waals surface area contributed by atoms with E-state index in [0.717, 1.165) is 33.0 Å². The van der Waals surface area contributed by atoms with Gasteiger partial charge in [-0.1, -0.05) is 30.3 Å². The summed E-state index contributed by atoms with van der Waals surface area (Å²) in [5.74, 6) is 0.0337. The predicted octanol–water partition coefficient (Wildman–Crippen LogP) is 4.01. The zero-order chi connectivity index (χ0) is 23.7. The van der Waals surface area contributed by atoms with E-state index in [1.807, 2.05) is 47.9 Å². The van der Waals surface area contributed by atoms with Crippen LogP contribution in [0, 0.1) is 0 Å². The highest BCUT2D eigenvalue weighted by Gasteiger charge is 2.19. The van der Waals surface area contributed by atoms with Crippen LogP contribution in [0.4, 0.5) is 0 Å². The Labute approximate surface area is 198 Å². The Morgan fingerprint density at radius 1 is 1.00 bits per heavy atom. The monoisotopic (exact) mass is 456 g/mol. The summed E-state index contributed by atoms with van der Waals surface area (Å²) in [7, 11) is 0. The van der Waals surface area contributed by atoms with Crippen LogP contribution in [0.25, 0.3) is 33.0 Å². The third kappa shape index (κ3) is 4.71. The fourth-order valence-electron chi connectivity index (χ4n) is 4.31. The molecule has 2 aromatic heterocycles. The van der Waals surface area contributed by atoms with Gasteiger partial charge < -0.3 is 14.7 Å². The number of morpholine rings is 1. The van der Waals surface area contributed by atoms with E-state index in [1.54, 1.807) is 18.5 Å². The van der Waals surface area contributed by atoms with Crippen molar-refractivity contribution in [3.8, 4) is 22.3 Å². The summed E-state index contributed by atoms with van der Waals surface area (Å²) in [6, 6.07) is 14.1. The van der Waals surface area contributed by atoms with E-state index in [2.05, 4.69) is 34.3 Å². The first-order valence-electron chi connectivity index (χ1n) is 11.5. The molecule has 0 radical (unpaired) electrons. The smallest absolute Gasteiger partial charge is 0.254 e. The van der Waals surface area contributed by atoms with Crippen LogP contribution >= 0.6 is 0 Å². The maximum atomic E-state index is 13.0. The quantitative estimate of drug-likeness (QED) is 0.491. The van der Waals surface area contributed by atoms with E-state index in [-0.39, 0.29) is 5.91 Å². The number of rotatable bonds is 5. The molecular formula is C27H28N4O3. The lowest BCUT2D eigenvalue weighted by molar-refractivity contribution is 0.0303. The molecule has 1 fully saturated rings. The van der Waals surface area contributed by atoms with Gasteiger partial charge in [-0.2, -0.15) is 5.10 Å². The topological polar surface area (TPSA) is 80.5 Å². The minimum Gasteiger partial charge on any atom is -0.389 e. The van der Waals surface area contributed by atoms with Crippen LogP contribution in [0.2, 0.25) is 0 Å².